The first-order valence-corrected chi connectivity index (χ1v) is 7.08. The van der Waals surface area contributed by atoms with Gasteiger partial charge in [0, 0.05) is 0 Å². The van der Waals surface area contributed by atoms with E-state index in [0.29, 0.717) is 5.82 Å². The monoisotopic (exact) mass is 309 g/mol. The molecule has 0 fully saturated rings. The number of benzene rings is 1. The van der Waals surface area contributed by atoms with Gasteiger partial charge in [-0.05, 0) is 49.6 Å². The summed E-state index contributed by atoms with van der Waals surface area (Å²) >= 11 is 0. The summed E-state index contributed by atoms with van der Waals surface area (Å²) < 4.78 is 37.7. The van der Waals surface area contributed by atoms with E-state index >= 15 is 0 Å². The molecule has 0 spiro atoms. The van der Waals surface area contributed by atoms with Crippen LogP contribution in [-0.4, -0.2) is 10.2 Å². The van der Waals surface area contributed by atoms with Gasteiger partial charge in [-0.25, -0.2) is 0 Å². The lowest BCUT2D eigenvalue weighted by molar-refractivity contribution is -0.137. The van der Waals surface area contributed by atoms with Gasteiger partial charge in [-0.2, -0.15) is 18.3 Å². The molecule has 0 aliphatic rings. The Morgan fingerprint density at radius 3 is 2.27 bits per heavy atom. The number of halogens is 3. The first kappa shape index (κ1) is 16.3. The van der Waals surface area contributed by atoms with Crippen LogP contribution in [0.2, 0.25) is 0 Å². The molecule has 22 heavy (non-hydrogen) atoms. The highest BCUT2D eigenvalue weighted by atomic mass is 19.4. The Bertz CT molecular complexity index is 636. The van der Waals surface area contributed by atoms with Gasteiger partial charge in [-0.3, -0.25) is 0 Å². The van der Waals surface area contributed by atoms with Gasteiger partial charge in [-0.15, -0.1) is 5.10 Å². The standard InChI is InChI=1S/C16H18F3N3/c1-4-14-9-10(2)15(22-21-14)20-11(3)12-5-7-13(8-6-12)16(17,18)19/h5-9,11H,4H2,1-3H3,(H,20,22)/t11-/m0/s1. The van der Waals surface area contributed by atoms with Crippen LogP contribution in [-0.2, 0) is 12.6 Å². The third-order valence-corrected chi connectivity index (χ3v) is 3.49. The number of nitrogens with one attached hydrogen (secondary N) is 1. The van der Waals surface area contributed by atoms with Gasteiger partial charge in [0.25, 0.3) is 0 Å². The molecule has 2 aromatic rings. The van der Waals surface area contributed by atoms with Crippen molar-refractivity contribution in [3.63, 3.8) is 0 Å². The van der Waals surface area contributed by atoms with Gasteiger partial charge in [0.15, 0.2) is 5.82 Å². The van der Waals surface area contributed by atoms with E-state index < -0.39 is 11.7 Å². The van der Waals surface area contributed by atoms with Crippen LogP contribution >= 0.6 is 0 Å². The second-order valence-electron chi connectivity index (χ2n) is 5.21. The number of aromatic nitrogens is 2. The van der Waals surface area contributed by atoms with Crippen molar-refractivity contribution in [1.82, 2.24) is 10.2 Å². The second-order valence-corrected chi connectivity index (χ2v) is 5.21. The number of rotatable bonds is 4. The number of aryl methyl sites for hydroxylation is 2. The first-order chi connectivity index (χ1) is 10.3. The number of alkyl halides is 3. The van der Waals surface area contributed by atoms with Gasteiger partial charge < -0.3 is 5.32 Å². The highest BCUT2D eigenvalue weighted by Crippen LogP contribution is 2.30. The average Bonchev–Trinajstić information content (AvgIpc) is 2.48. The molecule has 1 atom stereocenters. The Hall–Kier alpha value is -2.11. The van der Waals surface area contributed by atoms with E-state index in [1.54, 1.807) is 0 Å². The third-order valence-electron chi connectivity index (χ3n) is 3.49. The fourth-order valence-corrected chi connectivity index (χ4v) is 2.10. The smallest absolute Gasteiger partial charge is 0.362 e. The Morgan fingerprint density at radius 1 is 1.14 bits per heavy atom. The van der Waals surface area contributed by atoms with Crippen LogP contribution in [0.1, 0.15) is 42.3 Å². The quantitative estimate of drug-likeness (QED) is 0.901. The summed E-state index contributed by atoms with van der Waals surface area (Å²) in [5, 5.41) is 11.4. The van der Waals surface area contributed by atoms with Crippen molar-refractivity contribution in [2.45, 2.75) is 39.4 Å². The molecule has 0 bridgehead atoms. The Morgan fingerprint density at radius 2 is 1.77 bits per heavy atom. The lowest BCUT2D eigenvalue weighted by Crippen LogP contribution is -2.11. The minimum atomic E-state index is -4.31. The Kier molecular flexibility index (Phi) is 4.68. The summed E-state index contributed by atoms with van der Waals surface area (Å²) in [6, 6.07) is 6.92. The molecule has 0 radical (unpaired) electrons. The highest BCUT2D eigenvalue weighted by Gasteiger charge is 2.30. The molecule has 118 valence electrons. The number of hydrogen-bond donors (Lipinski definition) is 1. The highest BCUT2D eigenvalue weighted by molar-refractivity contribution is 5.45. The SMILES string of the molecule is CCc1cc(C)c(N[C@@H](C)c2ccc(C(F)(F)F)cc2)nn1. The largest absolute Gasteiger partial charge is 0.416 e. The van der Waals surface area contributed by atoms with Crippen molar-refractivity contribution in [2.24, 2.45) is 0 Å². The topological polar surface area (TPSA) is 37.8 Å². The molecule has 0 aliphatic heterocycles. The van der Waals surface area contributed by atoms with Gasteiger partial charge in [0.05, 0.1) is 17.3 Å². The van der Waals surface area contributed by atoms with Crippen molar-refractivity contribution in [2.75, 3.05) is 5.32 Å². The molecule has 0 saturated heterocycles. The fourth-order valence-electron chi connectivity index (χ4n) is 2.10. The Balaban J connectivity index is 2.13. The second kappa shape index (κ2) is 6.34. The van der Waals surface area contributed by atoms with Crippen molar-refractivity contribution in [3.05, 3.63) is 52.7 Å². The minimum Gasteiger partial charge on any atom is -0.362 e. The van der Waals surface area contributed by atoms with Crippen LogP contribution in [0.15, 0.2) is 30.3 Å². The van der Waals surface area contributed by atoms with Gasteiger partial charge >= 0.3 is 6.18 Å². The van der Waals surface area contributed by atoms with E-state index in [-0.39, 0.29) is 6.04 Å². The summed E-state index contributed by atoms with van der Waals surface area (Å²) in [5.41, 5.74) is 1.98. The van der Waals surface area contributed by atoms with E-state index in [2.05, 4.69) is 15.5 Å². The van der Waals surface area contributed by atoms with Crippen molar-refractivity contribution >= 4 is 5.82 Å². The third kappa shape index (κ3) is 3.75. The maximum Gasteiger partial charge on any atom is 0.416 e. The number of nitrogens with zero attached hydrogens (tertiary/aromatic N) is 2. The van der Waals surface area contributed by atoms with E-state index in [1.165, 1.54) is 12.1 Å². The van der Waals surface area contributed by atoms with Crippen molar-refractivity contribution in [1.29, 1.82) is 0 Å². The maximum absolute atomic E-state index is 12.6. The predicted molar refractivity (Wildman–Crippen MR) is 79.6 cm³/mol. The molecular formula is C16H18F3N3. The summed E-state index contributed by atoms with van der Waals surface area (Å²) in [4.78, 5) is 0. The molecule has 6 heteroatoms. The summed E-state index contributed by atoms with van der Waals surface area (Å²) in [6.45, 7) is 5.80. The summed E-state index contributed by atoms with van der Waals surface area (Å²) in [7, 11) is 0. The van der Waals surface area contributed by atoms with E-state index in [1.807, 2.05) is 26.8 Å². The van der Waals surface area contributed by atoms with Gasteiger partial charge in [0.1, 0.15) is 0 Å². The molecule has 1 aromatic carbocycles. The van der Waals surface area contributed by atoms with Crippen LogP contribution in [0.5, 0.6) is 0 Å². The average molecular weight is 309 g/mol. The molecule has 1 N–H and O–H groups in total. The maximum atomic E-state index is 12.6. The van der Waals surface area contributed by atoms with Crippen molar-refractivity contribution < 1.29 is 13.2 Å². The van der Waals surface area contributed by atoms with Crippen LogP contribution in [0, 0.1) is 6.92 Å². The van der Waals surface area contributed by atoms with Crippen LogP contribution in [0.4, 0.5) is 19.0 Å². The molecule has 2 rings (SSSR count). The van der Waals surface area contributed by atoms with E-state index in [0.717, 1.165) is 35.4 Å². The number of hydrogen-bond acceptors (Lipinski definition) is 3. The molecular weight excluding hydrogens is 291 g/mol. The fraction of sp³-hybridized carbons (Fsp3) is 0.375. The molecule has 0 aliphatic carbocycles. The van der Waals surface area contributed by atoms with Gasteiger partial charge in [-0.1, -0.05) is 19.1 Å². The van der Waals surface area contributed by atoms with Crippen LogP contribution < -0.4 is 5.32 Å². The molecule has 0 unspecified atom stereocenters. The van der Waals surface area contributed by atoms with E-state index in [4.69, 9.17) is 0 Å². The molecule has 1 heterocycles. The zero-order valence-electron chi connectivity index (χ0n) is 12.7. The molecule has 0 saturated carbocycles. The van der Waals surface area contributed by atoms with Crippen LogP contribution in [0.25, 0.3) is 0 Å². The zero-order chi connectivity index (χ0) is 16.3. The lowest BCUT2D eigenvalue weighted by Gasteiger charge is -2.17. The minimum absolute atomic E-state index is 0.164. The predicted octanol–water partition coefficient (Wildman–Crippen LogP) is 4.54. The van der Waals surface area contributed by atoms with Crippen molar-refractivity contribution in [3.8, 4) is 0 Å². The molecule has 0 amide bonds. The van der Waals surface area contributed by atoms with E-state index in [9.17, 15) is 13.2 Å². The summed E-state index contributed by atoms with van der Waals surface area (Å²) in [6.07, 6.45) is -3.50. The molecule has 1 aromatic heterocycles. The van der Waals surface area contributed by atoms with Gasteiger partial charge in [0.2, 0.25) is 0 Å². The number of anilines is 1. The van der Waals surface area contributed by atoms with Crippen LogP contribution in [0.3, 0.4) is 0 Å². The summed E-state index contributed by atoms with van der Waals surface area (Å²) in [5.74, 6) is 0.643. The normalized spacial score (nSPS) is 13.0. The first-order valence-electron chi connectivity index (χ1n) is 7.08. The lowest BCUT2D eigenvalue weighted by atomic mass is 10.1. The molecule has 3 nitrogen and oxygen atoms in total. The Labute approximate surface area is 127 Å². The zero-order valence-corrected chi connectivity index (χ0v) is 12.7.